The van der Waals surface area contributed by atoms with Gasteiger partial charge in [0.15, 0.2) is 0 Å². The lowest BCUT2D eigenvalue weighted by molar-refractivity contribution is -0.132. The Morgan fingerprint density at radius 3 is 2.33 bits per heavy atom. The summed E-state index contributed by atoms with van der Waals surface area (Å²) < 4.78 is 0. The molecule has 1 atom stereocenters. The lowest BCUT2D eigenvalue weighted by atomic mass is 9.79. The van der Waals surface area contributed by atoms with Crippen molar-refractivity contribution in [2.24, 2.45) is 17.8 Å². The average molecular weight is 415 g/mol. The second-order valence-corrected chi connectivity index (χ2v) is 9.32. The van der Waals surface area contributed by atoms with Gasteiger partial charge in [0.25, 0.3) is 0 Å². The van der Waals surface area contributed by atoms with Gasteiger partial charge in [-0.2, -0.15) is 0 Å². The molecule has 1 aromatic rings. The van der Waals surface area contributed by atoms with Crippen LogP contribution in [-0.2, 0) is 16.0 Å². The molecule has 168 valence electrons. The normalized spacial score (nSPS) is 20.0. The van der Waals surface area contributed by atoms with Gasteiger partial charge in [-0.25, -0.2) is 0 Å². The highest BCUT2D eigenvalue weighted by atomic mass is 16.2. The Bertz CT molecular complexity index is 621. The summed E-state index contributed by atoms with van der Waals surface area (Å²) in [4.78, 5) is 25.5. The predicted octanol–water partition coefficient (Wildman–Crippen LogP) is 5.26. The zero-order valence-corrected chi connectivity index (χ0v) is 19.3. The first kappa shape index (κ1) is 24.4. The Balaban J connectivity index is 1.73. The topological polar surface area (TPSA) is 58.2 Å². The summed E-state index contributed by atoms with van der Waals surface area (Å²) >= 11 is 0. The van der Waals surface area contributed by atoms with Crippen molar-refractivity contribution in [3.63, 3.8) is 0 Å². The van der Waals surface area contributed by atoms with E-state index in [4.69, 9.17) is 0 Å². The van der Waals surface area contributed by atoms with Gasteiger partial charge in [-0.05, 0) is 49.5 Å². The van der Waals surface area contributed by atoms with Crippen molar-refractivity contribution in [3.05, 3.63) is 35.9 Å². The van der Waals surface area contributed by atoms with Crippen molar-refractivity contribution in [2.75, 3.05) is 6.54 Å². The molecule has 0 bridgehead atoms. The van der Waals surface area contributed by atoms with E-state index in [1.54, 1.807) is 0 Å². The van der Waals surface area contributed by atoms with Crippen LogP contribution in [0, 0.1) is 17.8 Å². The van der Waals surface area contributed by atoms with Crippen molar-refractivity contribution in [2.45, 2.75) is 91.0 Å². The van der Waals surface area contributed by atoms with Crippen LogP contribution in [0.15, 0.2) is 30.3 Å². The maximum Gasteiger partial charge on any atom is 0.242 e. The van der Waals surface area contributed by atoms with Crippen LogP contribution in [0.1, 0.15) is 84.1 Å². The molecule has 0 radical (unpaired) electrons. The molecular weight excluding hydrogens is 372 g/mol. The van der Waals surface area contributed by atoms with Crippen LogP contribution >= 0.6 is 0 Å². The molecule has 2 N–H and O–H groups in total. The SMILES string of the molecule is CCCCCCC1CCC(C(=O)N[C@H](C(=O)NCCc2ccccc2)C(C)C)CC1. The molecule has 30 heavy (non-hydrogen) atoms. The molecule has 1 fully saturated rings. The van der Waals surface area contributed by atoms with Crippen LogP contribution in [0.3, 0.4) is 0 Å². The molecule has 1 saturated carbocycles. The third-order valence-electron chi connectivity index (χ3n) is 6.49. The van der Waals surface area contributed by atoms with Gasteiger partial charge in [0.2, 0.25) is 11.8 Å². The molecule has 0 aliphatic heterocycles. The molecule has 0 saturated heterocycles. The van der Waals surface area contributed by atoms with Gasteiger partial charge >= 0.3 is 0 Å². The van der Waals surface area contributed by atoms with E-state index < -0.39 is 6.04 Å². The molecule has 0 heterocycles. The van der Waals surface area contributed by atoms with Crippen LogP contribution in [-0.4, -0.2) is 24.4 Å². The number of rotatable bonds is 12. The Morgan fingerprint density at radius 2 is 1.70 bits per heavy atom. The van der Waals surface area contributed by atoms with Crippen molar-refractivity contribution in [1.82, 2.24) is 10.6 Å². The smallest absolute Gasteiger partial charge is 0.242 e. The first-order valence-electron chi connectivity index (χ1n) is 12.1. The molecule has 0 aromatic heterocycles. The molecule has 0 unspecified atom stereocenters. The number of carbonyl (C=O) groups is 2. The van der Waals surface area contributed by atoms with E-state index in [9.17, 15) is 9.59 Å². The Kier molecular flexibility index (Phi) is 11.0. The lowest BCUT2D eigenvalue weighted by Gasteiger charge is -2.30. The van der Waals surface area contributed by atoms with Gasteiger partial charge in [0.05, 0.1) is 0 Å². The van der Waals surface area contributed by atoms with E-state index in [1.807, 2.05) is 32.0 Å². The van der Waals surface area contributed by atoms with Gasteiger partial charge in [0.1, 0.15) is 6.04 Å². The number of hydrogen-bond donors (Lipinski definition) is 2. The fourth-order valence-electron chi connectivity index (χ4n) is 4.46. The zero-order valence-electron chi connectivity index (χ0n) is 19.3. The first-order valence-corrected chi connectivity index (χ1v) is 12.1. The highest BCUT2D eigenvalue weighted by Crippen LogP contribution is 2.32. The molecule has 4 nitrogen and oxygen atoms in total. The second kappa shape index (κ2) is 13.5. The Morgan fingerprint density at radius 1 is 1.00 bits per heavy atom. The molecule has 2 rings (SSSR count). The minimum Gasteiger partial charge on any atom is -0.354 e. The van der Waals surface area contributed by atoms with E-state index in [-0.39, 0.29) is 23.7 Å². The molecular formula is C26H42N2O2. The third-order valence-corrected chi connectivity index (χ3v) is 6.49. The van der Waals surface area contributed by atoms with Crippen LogP contribution in [0.2, 0.25) is 0 Å². The number of unbranched alkanes of at least 4 members (excludes halogenated alkanes) is 3. The number of hydrogen-bond acceptors (Lipinski definition) is 2. The largest absolute Gasteiger partial charge is 0.354 e. The maximum atomic E-state index is 12.8. The molecule has 1 aliphatic carbocycles. The summed E-state index contributed by atoms with van der Waals surface area (Å²) in [6.45, 7) is 6.83. The molecule has 4 heteroatoms. The van der Waals surface area contributed by atoms with E-state index in [0.29, 0.717) is 6.54 Å². The summed E-state index contributed by atoms with van der Waals surface area (Å²) in [7, 11) is 0. The fourth-order valence-corrected chi connectivity index (χ4v) is 4.46. The Hall–Kier alpha value is -1.84. The van der Waals surface area contributed by atoms with Crippen molar-refractivity contribution in [1.29, 1.82) is 0 Å². The van der Waals surface area contributed by atoms with E-state index >= 15 is 0 Å². The highest BCUT2D eigenvalue weighted by Gasteiger charge is 2.30. The molecule has 2 amide bonds. The average Bonchev–Trinajstić information content (AvgIpc) is 2.75. The van der Waals surface area contributed by atoms with Gasteiger partial charge in [-0.3, -0.25) is 9.59 Å². The van der Waals surface area contributed by atoms with Crippen molar-refractivity contribution >= 4 is 11.8 Å². The standard InChI is InChI=1S/C26H42N2O2/c1-4-5-6-8-13-22-14-16-23(17-15-22)25(29)28-24(20(2)3)26(30)27-19-18-21-11-9-7-10-12-21/h7,9-12,20,22-24H,4-6,8,13-19H2,1-3H3,(H,27,30)(H,28,29)/t22?,23?,24-/m0/s1. The second-order valence-electron chi connectivity index (χ2n) is 9.32. The third kappa shape index (κ3) is 8.49. The summed E-state index contributed by atoms with van der Waals surface area (Å²) in [5.74, 6) is 0.916. The van der Waals surface area contributed by atoms with Crippen LogP contribution < -0.4 is 10.6 Å². The number of benzene rings is 1. The van der Waals surface area contributed by atoms with Gasteiger partial charge in [0, 0.05) is 12.5 Å². The van der Waals surface area contributed by atoms with E-state index in [0.717, 1.165) is 38.0 Å². The lowest BCUT2D eigenvalue weighted by Crippen LogP contribution is -2.51. The summed E-state index contributed by atoms with van der Waals surface area (Å²) in [6.07, 6.45) is 11.6. The first-order chi connectivity index (χ1) is 14.5. The van der Waals surface area contributed by atoms with Gasteiger partial charge in [-0.15, -0.1) is 0 Å². The van der Waals surface area contributed by atoms with Crippen molar-refractivity contribution < 1.29 is 9.59 Å². The Labute approximate surface area is 183 Å². The number of amides is 2. The molecule has 1 aliphatic rings. The van der Waals surface area contributed by atoms with Gasteiger partial charge < -0.3 is 10.6 Å². The summed E-state index contributed by atoms with van der Waals surface area (Å²) in [5, 5.41) is 6.07. The van der Waals surface area contributed by atoms with Crippen LogP contribution in [0.25, 0.3) is 0 Å². The zero-order chi connectivity index (χ0) is 21.8. The van der Waals surface area contributed by atoms with Crippen LogP contribution in [0.5, 0.6) is 0 Å². The van der Waals surface area contributed by atoms with Crippen LogP contribution in [0.4, 0.5) is 0 Å². The molecule has 0 spiro atoms. The summed E-state index contributed by atoms with van der Waals surface area (Å²) in [6, 6.07) is 9.68. The van der Waals surface area contributed by atoms with E-state index in [1.165, 1.54) is 37.7 Å². The predicted molar refractivity (Wildman–Crippen MR) is 124 cm³/mol. The highest BCUT2D eigenvalue weighted by molar-refractivity contribution is 5.88. The minimum absolute atomic E-state index is 0.0651. The quantitative estimate of drug-likeness (QED) is 0.458. The van der Waals surface area contributed by atoms with Crippen molar-refractivity contribution in [3.8, 4) is 0 Å². The minimum atomic E-state index is -0.458. The molecule has 1 aromatic carbocycles. The fraction of sp³-hybridized carbons (Fsp3) is 0.692. The van der Waals surface area contributed by atoms with Gasteiger partial charge in [-0.1, -0.05) is 83.2 Å². The maximum absolute atomic E-state index is 12.8. The monoisotopic (exact) mass is 414 g/mol. The summed E-state index contributed by atoms with van der Waals surface area (Å²) in [5.41, 5.74) is 1.20. The number of carbonyl (C=O) groups excluding carboxylic acids is 2. The van der Waals surface area contributed by atoms with E-state index in [2.05, 4.69) is 29.7 Å². The number of nitrogens with one attached hydrogen (secondary N) is 2.